The molecular formula is C13H15ClN2S. The van der Waals surface area contributed by atoms with E-state index in [4.69, 9.17) is 11.6 Å². The lowest BCUT2D eigenvalue weighted by molar-refractivity contribution is 0.571. The standard InChI is InChI=1S/C13H15ClN2S/c1-9-5-3-4-6-11(9)10(2)15-8-13-16-7-12(14)17-13/h3-7,10,15H,8H2,1-2H3. The zero-order valence-corrected chi connectivity index (χ0v) is 11.5. The van der Waals surface area contributed by atoms with Crippen LogP contribution in [0.4, 0.5) is 0 Å². The minimum atomic E-state index is 0.318. The van der Waals surface area contributed by atoms with Crippen LogP contribution in [0.3, 0.4) is 0 Å². The Balaban J connectivity index is 1.98. The summed E-state index contributed by atoms with van der Waals surface area (Å²) < 4.78 is 0.741. The summed E-state index contributed by atoms with van der Waals surface area (Å²) in [6, 6.07) is 8.74. The molecule has 1 atom stereocenters. The molecule has 2 rings (SSSR count). The Hall–Kier alpha value is -0.900. The molecule has 0 aliphatic heterocycles. The number of rotatable bonds is 4. The quantitative estimate of drug-likeness (QED) is 0.906. The van der Waals surface area contributed by atoms with Crippen LogP contribution in [0.15, 0.2) is 30.5 Å². The Morgan fingerprint density at radius 1 is 1.41 bits per heavy atom. The van der Waals surface area contributed by atoms with Gasteiger partial charge in [-0.3, -0.25) is 0 Å². The average Bonchev–Trinajstić information content (AvgIpc) is 2.73. The second kappa shape index (κ2) is 5.63. The van der Waals surface area contributed by atoms with E-state index in [1.807, 2.05) is 0 Å². The van der Waals surface area contributed by atoms with Gasteiger partial charge in [0.2, 0.25) is 0 Å². The highest BCUT2D eigenvalue weighted by molar-refractivity contribution is 7.15. The van der Waals surface area contributed by atoms with Crippen LogP contribution in [0.25, 0.3) is 0 Å². The van der Waals surface area contributed by atoms with E-state index in [2.05, 4.69) is 48.4 Å². The molecule has 0 bridgehead atoms. The van der Waals surface area contributed by atoms with E-state index in [1.54, 1.807) is 6.20 Å². The molecule has 17 heavy (non-hydrogen) atoms. The van der Waals surface area contributed by atoms with Gasteiger partial charge in [-0.25, -0.2) is 4.98 Å². The number of aryl methyl sites for hydroxylation is 1. The molecule has 0 amide bonds. The molecule has 0 aliphatic rings. The van der Waals surface area contributed by atoms with Crippen LogP contribution in [-0.2, 0) is 6.54 Å². The minimum Gasteiger partial charge on any atom is -0.304 e. The number of hydrogen-bond donors (Lipinski definition) is 1. The normalized spacial score (nSPS) is 12.6. The fourth-order valence-corrected chi connectivity index (χ4v) is 2.70. The van der Waals surface area contributed by atoms with E-state index in [0.29, 0.717) is 6.04 Å². The van der Waals surface area contributed by atoms with Gasteiger partial charge in [-0.15, -0.1) is 11.3 Å². The molecule has 0 spiro atoms. The van der Waals surface area contributed by atoms with Gasteiger partial charge in [0.05, 0.1) is 6.20 Å². The summed E-state index contributed by atoms with van der Waals surface area (Å²) >= 11 is 7.37. The number of hydrogen-bond acceptors (Lipinski definition) is 3. The highest BCUT2D eigenvalue weighted by atomic mass is 35.5. The molecule has 1 unspecified atom stereocenters. The Morgan fingerprint density at radius 3 is 2.82 bits per heavy atom. The first-order valence-electron chi connectivity index (χ1n) is 5.56. The molecule has 2 aromatic rings. The van der Waals surface area contributed by atoms with Crippen molar-refractivity contribution >= 4 is 22.9 Å². The average molecular weight is 267 g/mol. The molecule has 1 aromatic heterocycles. The predicted molar refractivity (Wildman–Crippen MR) is 73.6 cm³/mol. The fraction of sp³-hybridized carbons (Fsp3) is 0.308. The first kappa shape index (κ1) is 12.6. The van der Waals surface area contributed by atoms with Crippen molar-refractivity contribution in [2.75, 3.05) is 0 Å². The van der Waals surface area contributed by atoms with Crippen molar-refractivity contribution in [1.82, 2.24) is 10.3 Å². The van der Waals surface area contributed by atoms with Crippen molar-refractivity contribution < 1.29 is 0 Å². The lowest BCUT2D eigenvalue weighted by Gasteiger charge is -2.15. The third-order valence-electron chi connectivity index (χ3n) is 2.74. The molecule has 0 saturated carbocycles. The summed E-state index contributed by atoms with van der Waals surface area (Å²) in [4.78, 5) is 4.23. The highest BCUT2D eigenvalue weighted by Crippen LogP contribution is 2.20. The van der Waals surface area contributed by atoms with Crippen LogP contribution in [0.5, 0.6) is 0 Å². The molecular weight excluding hydrogens is 252 g/mol. The van der Waals surface area contributed by atoms with Crippen LogP contribution >= 0.6 is 22.9 Å². The summed E-state index contributed by atoms with van der Waals surface area (Å²) in [7, 11) is 0. The maximum atomic E-state index is 5.85. The summed E-state index contributed by atoms with van der Waals surface area (Å²) in [5.74, 6) is 0. The second-order valence-corrected chi connectivity index (χ2v) is 5.76. The summed E-state index contributed by atoms with van der Waals surface area (Å²) in [5, 5.41) is 4.48. The SMILES string of the molecule is Cc1ccccc1C(C)NCc1ncc(Cl)s1. The molecule has 1 N–H and O–H groups in total. The van der Waals surface area contributed by atoms with E-state index in [1.165, 1.54) is 22.5 Å². The summed E-state index contributed by atoms with van der Waals surface area (Å²) in [6.07, 6.45) is 1.70. The highest BCUT2D eigenvalue weighted by Gasteiger charge is 2.08. The van der Waals surface area contributed by atoms with Gasteiger partial charge in [0.25, 0.3) is 0 Å². The molecule has 0 fully saturated rings. The molecule has 90 valence electrons. The van der Waals surface area contributed by atoms with E-state index in [0.717, 1.165) is 15.9 Å². The zero-order chi connectivity index (χ0) is 12.3. The lowest BCUT2D eigenvalue weighted by atomic mass is 10.0. The van der Waals surface area contributed by atoms with Gasteiger partial charge >= 0.3 is 0 Å². The van der Waals surface area contributed by atoms with E-state index >= 15 is 0 Å². The third-order valence-corrected chi connectivity index (χ3v) is 3.85. The van der Waals surface area contributed by atoms with Crippen LogP contribution in [0.1, 0.15) is 29.1 Å². The van der Waals surface area contributed by atoms with Gasteiger partial charge in [-0.1, -0.05) is 35.9 Å². The molecule has 0 aliphatic carbocycles. The number of halogens is 1. The maximum absolute atomic E-state index is 5.85. The number of thiazole rings is 1. The van der Waals surface area contributed by atoms with Gasteiger partial charge < -0.3 is 5.32 Å². The third kappa shape index (κ3) is 3.28. The van der Waals surface area contributed by atoms with Crippen molar-refractivity contribution in [1.29, 1.82) is 0 Å². The van der Waals surface area contributed by atoms with Crippen molar-refractivity contribution in [3.8, 4) is 0 Å². The Kier molecular flexibility index (Phi) is 4.15. The van der Waals surface area contributed by atoms with Crippen LogP contribution in [-0.4, -0.2) is 4.98 Å². The number of benzene rings is 1. The molecule has 1 heterocycles. The van der Waals surface area contributed by atoms with Gasteiger partial charge in [0.1, 0.15) is 9.34 Å². The number of nitrogens with zero attached hydrogens (tertiary/aromatic N) is 1. The van der Waals surface area contributed by atoms with E-state index < -0.39 is 0 Å². The van der Waals surface area contributed by atoms with Gasteiger partial charge in [0, 0.05) is 12.6 Å². The monoisotopic (exact) mass is 266 g/mol. The number of nitrogens with one attached hydrogen (secondary N) is 1. The van der Waals surface area contributed by atoms with E-state index in [-0.39, 0.29) is 0 Å². The summed E-state index contributed by atoms with van der Waals surface area (Å²) in [5.41, 5.74) is 2.64. The number of aromatic nitrogens is 1. The van der Waals surface area contributed by atoms with E-state index in [9.17, 15) is 0 Å². The molecule has 0 saturated heterocycles. The van der Waals surface area contributed by atoms with Crippen molar-refractivity contribution in [2.24, 2.45) is 0 Å². The second-order valence-electron chi connectivity index (χ2n) is 4.02. The molecule has 2 nitrogen and oxygen atoms in total. The fourth-order valence-electron chi connectivity index (χ4n) is 1.79. The lowest BCUT2D eigenvalue weighted by Crippen LogP contribution is -2.18. The minimum absolute atomic E-state index is 0.318. The maximum Gasteiger partial charge on any atom is 0.113 e. The van der Waals surface area contributed by atoms with Gasteiger partial charge in [-0.2, -0.15) is 0 Å². The Labute approximate surface area is 111 Å². The van der Waals surface area contributed by atoms with Crippen molar-refractivity contribution in [2.45, 2.75) is 26.4 Å². The van der Waals surface area contributed by atoms with Crippen molar-refractivity contribution in [3.05, 3.63) is 50.9 Å². The van der Waals surface area contributed by atoms with Crippen LogP contribution in [0, 0.1) is 6.92 Å². The molecule has 0 radical (unpaired) electrons. The Morgan fingerprint density at radius 2 is 2.18 bits per heavy atom. The van der Waals surface area contributed by atoms with Crippen LogP contribution < -0.4 is 5.32 Å². The summed E-state index contributed by atoms with van der Waals surface area (Å²) in [6.45, 7) is 5.05. The first-order valence-corrected chi connectivity index (χ1v) is 6.75. The first-order chi connectivity index (χ1) is 8.16. The smallest absolute Gasteiger partial charge is 0.113 e. The zero-order valence-electron chi connectivity index (χ0n) is 9.90. The predicted octanol–water partition coefficient (Wildman–Crippen LogP) is 3.96. The van der Waals surface area contributed by atoms with Crippen molar-refractivity contribution in [3.63, 3.8) is 0 Å². The largest absolute Gasteiger partial charge is 0.304 e. The Bertz CT molecular complexity index is 496. The van der Waals surface area contributed by atoms with Gasteiger partial charge in [0.15, 0.2) is 0 Å². The molecule has 4 heteroatoms. The molecule has 1 aromatic carbocycles. The van der Waals surface area contributed by atoms with Gasteiger partial charge in [-0.05, 0) is 25.0 Å². The van der Waals surface area contributed by atoms with Crippen LogP contribution in [0.2, 0.25) is 4.34 Å². The topological polar surface area (TPSA) is 24.9 Å².